The largest absolute Gasteiger partial charge is 0.378 e. The molecule has 1 atom stereocenters. The van der Waals surface area contributed by atoms with Gasteiger partial charge in [-0.3, -0.25) is 0 Å². The van der Waals surface area contributed by atoms with E-state index in [1.807, 2.05) is 0 Å². The van der Waals surface area contributed by atoms with Crippen molar-refractivity contribution in [1.29, 1.82) is 0 Å². The first-order valence-corrected chi connectivity index (χ1v) is 6.92. The second kappa shape index (κ2) is 6.72. The van der Waals surface area contributed by atoms with Crippen LogP contribution in [0.1, 0.15) is 40.5 Å². The monoisotopic (exact) mass is 242 g/mol. The van der Waals surface area contributed by atoms with Gasteiger partial charge in [0.05, 0.1) is 12.7 Å². The van der Waals surface area contributed by atoms with Crippen molar-refractivity contribution in [3.8, 4) is 0 Å². The minimum absolute atomic E-state index is 0.210. The summed E-state index contributed by atoms with van der Waals surface area (Å²) in [6, 6.07) is 0. The standard InChI is InChI=1S/C14H30N2O/c1-12(10-15-14(2,3)4)11-17-13-6-8-16(5)9-7-13/h12-13,15H,6-11H2,1-5H3. The third-order valence-electron chi connectivity index (χ3n) is 3.26. The minimum atomic E-state index is 0.210. The Morgan fingerprint density at radius 1 is 1.29 bits per heavy atom. The lowest BCUT2D eigenvalue weighted by Crippen LogP contribution is -2.40. The highest BCUT2D eigenvalue weighted by molar-refractivity contribution is 4.73. The number of nitrogens with zero attached hydrogens (tertiary/aromatic N) is 1. The first-order chi connectivity index (χ1) is 7.87. The Bertz CT molecular complexity index is 205. The van der Waals surface area contributed by atoms with E-state index in [2.05, 4.69) is 45.0 Å². The SMILES string of the molecule is CC(CNC(C)(C)C)COC1CCN(C)CC1. The first-order valence-electron chi connectivity index (χ1n) is 6.92. The van der Waals surface area contributed by atoms with E-state index in [0.717, 1.165) is 13.2 Å². The third kappa shape index (κ3) is 7.02. The Morgan fingerprint density at radius 3 is 2.41 bits per heavy atom. The summed E-state index contributed by atoms with van der Waals surface area (Å²) in [5.74, 6) is 0.592. The molecule has 3 heteroatoms. The lowest BCUT2D eigenvalue weighted by Gasteiger charge is -2.30. The quantitative estimate of drug-likeness (QED) is 0.799. The fraction of sp³-hybridized carbons (Fsp3) is 1.00. The molecule has 0 saturated carbocycles. The van der Waals surface area contributed by atoms with Gasteiger partial charge in [0.15, 0.2) is 0 Å². The Balaban J connectivity index is 2.09. The molecule has 1 unspecified atom stereocenters. The fourth-order valence-corrected chi connectivity index (χ4v) is 1.99. The number of rotatable bonds is 5. The Labute approximate surface area is 107 Å². The van der Waals surface area contributed by atoms with Gasteiger partial charge >= 0.3 is 0 Å². The van der Waals surface area contributed by atoms with Gasteiger partial charge in [-0.05, 0) is 46.6 Å². The van der Waals surface area contributed by atoms with Gasteiger partial charge in [-0.25, -0.2) is 0 Å². The molecule has 0 radical (unpaired) electrons. The summed E-state index contributed by atoms with van der Waals surface area (Å²) in [5.41, 5.74) is 0.210. The lowest BCUT2D eigenvalue weighted by molar-refractivity contribution is -0.00307. The molecule has 3 nitrogen and oxygen atoms in total. The molecule has 0 bridgehead atoms. The topological polar surface area (TPSA) is 24.5 Å². The molecule has 0 amide bonds. The van der Waals surface area contributed by atoms with Crippen molar-refractivity contribution in [2.75, 3.05) is 33.3 Å². The molecule has 17 heavy (non-hydrogen) atoms. The Hall–Kier alpha value is -0.120. The van der Waals surface area contributed by atoms with Gasteiger partial charge in [-0.15, -0.1) is 0 Å². The van der Waals surface area contributed by atoms with Crippen molar-refractivity contribution in [1.82, 2.24) is 10.2 Å². The molecular weight excluding hydrogens is 212 g/mol. The molecule has 1 aliphatic rings. The van der Waals surface area contributed by atoms with Crippen molar-refractivity contribution < 1.29 is 4.74 Å². The smallest absolute Gasteiger partial charge is 0.0599 e. The van der Waals surface area contributed by atoms with Gasteiger partial charge in [0.2, 0.25) is 0 Å². The van der Waals surface area contributed by atoms with E-state index in [9.17, 15) is 0 Å². The van der Waals surface area contributed by atoms with Crippen LogP contribution in [0, 0.1) is 5.92 Å². The van der Waals surface area contributed by atoms with Crippen LogP contribution in [0.3, 0.4) is 0 Å². The van der Waals surface area contributed by atoms with E-state index in [4.69, 9.17) is 4.74 Å². The Kier molecular flexibility index (Phi) is 5.90. The summed E-state index contributed by atoms with van der Waals surface area (Å²) >= 11 is 0. The number of hydrogen-bond acceptors (Lipinski definition) is 3. The fourth-order valence-electron chi connectivity index (χ4n) is 1.99. The molecule has 1 heterocycles. The highest BCUT2D eigenvalue weighted by Crippen LogP contribution is 2.13. The normalized spacial score (nSPS) is 21.7. The van der Waals surface area contributed by atoms with Crippen LogP contribution in [0.4, 0.5) is 0 Å². The van der Waals surface area contributed by atoms with Crippen molar-refractivity contribution in [3.63, 3.8) is 0 Å². The molecule has 0 aromatic rings. The zero-order valence-corrected chi connectivity index (χ0v) is 12.3. The second-order valence-corrected chi connectivity index (χ2v) is 6.57. The average Bonchev–Trinajstić information content (AvgIpc) is 2.25. The molecule has 0 aliphatic carbocycles. The van der Waals surface area contributed by atoms with Crippen LogP contribution < -0.4 is 5.32 Å². The summed E-state index contributed by atoms with van der Waals surface area (Å²) in [7, 11) is 2.19. The summed E-state index contributed by atoms with van der Waals surface area (Å²) < 4.78 is 5.99. The summed E-state index contributed by atoms with van der Waals surface area (Å²) in [6.07, 6.45) is 2.87. The van der Waals surface area contributed by atoms with E-state index < -0.39 is 0 Å². The van der Waals surface area contributed by atoms with Gasteiger partial charge in [-0.2, -0.15) is 0 Å². The van der Waals surface area contributed by atoms with E-state index in [1.54, 1.807) is 0 Å². The molecule has 0 spiro atoms. The number of ether oxygens (including phenoxy) is 1. The van der Waals surface area contributed by atoms with Crippen molar-refractivity contribution in [2.45, 2.75) is 52.2 Å². The third-order valence-corrected chi connectivity index (χ3v) is 3.26. The molecule has 102 valence electrons. The minimum Gasteiger partial charge on any atom is -0.378 e. The number of nitrogens with one attached hydrogen (secondary N) is 1. The molecule has 1 aliphatic heterocycles. The van der Waals surface area contributed by atoms with Crippen LogP contribution in [0.2, 0.25) is 0 Å². The lowest BCUT2D eigenvalue weighted by atomic mass is 10.1. The van der Waals surface area contributed by atoms with E-state index in [0.29, 0.717) is 12.0 Å². The summed E-state index contributed by atoms with van der Waals surface area (Å²) in [5, 5.41) is 3.53. The predicted molar refractivity (Wildman–Crippen MR) is 73.4 cm³/mol. The van der Waals surface area contributed by atoms with Crippen molar-refractivity contribution >= 4 is 0 Å². The molecule has 1 fully saturated rings. The maximum Gasteiger partial charge on any atom is 0.0599 e. The second-order valence-electron chi connectivity index (χ2n) is 6.57. The van der Waals surface area contributed by atoms with Gasteiger partial charge in [0, 0.05) is 25.2 Å². The van der Waals surface area contributed by atoms with E-state index in [-0.39, 0.29) is 5.54 Å². The first kappa shape index (κ1) is 14.9. The van der Waals surface area contributed by atoms with Crippen LogP contribution in [0.15, 0.2) is 0 Å². The average molecular weight is 242 g/mol. The zero-order chi connectivity index (χ0) is 12.9. The maximum absolute atomic E-state index is 5.99. The molecule has 1 saturated heterocycles. The van der Waals surface area contributed by atoms with Gasteiger partial charge in [0.25, 0.3) is 0 Å². The van der Waals surface area contributed by atoms with Crippen LogP contribution in [0.25, 0.3) is 0 Å². The summed E-state index contributed by atoms with van der Waals surface area (Å²) in [4.78, 5) is 2.38. The van der Waals surface area contributed by atoms with Gasteiger partial charge < -0.3 is 15.0 Å². The highest BCUT2D eigenvalue weighted by atomic mass is 16.5. The van der Waals surface area contributed by atoms with Crippen LogP contribution in [0.5, 0.6) is 0 Å². The Morgan fingerprint density at radius 2 is 1.88 bits per heavy atom. The van der Waals surface area contributed by atoms with Crippen molar-refractivity contribution in [3.05, 3.63) is 0 Å². The maximum atomic E-state index is 5.99. The predicted octanol–water partition coefficient (Wildman–Crippen LogP) is 2.12. The molecule has 1 rings (SSSR count). The van der Waals surface area contributed by atoms with Crippen LogP contribution >= 0.6 is 0 Å². The zero-order valence-electron chi connectivity index (χ0n) is 12.3. The highest BCUT2D eigenvalue weighted by Gasteiger charge is 2.18. The van der Waals surface area contributed by atoms with Crippen LogP contribution in [-0.2, 0) is 4.74 Å². The van der Waals surface area contributed by atoms with Crippen molar-refractivity contribution in [2.24, 2.45) is 5.92 Å². The summed E-state index contributed by atoms with van der Waals surface area (Å²) in [6.45, 7) is 13.2. The van der Waals surface area contributed by atoms with Gasteiger partial charge in [-0.1, -0.05) is 6.92 Å². The molecule has 0 aromatic heterocycles. The van der Waals surface area contributed by atoms with Gasteiger partial charge in [0.1, 0.15) is 0 Å². The molecule has 0 aromatic carbocycles. The van der Waals surface area contributed by atoms with E-state index >= 15 is 0 Å². The number of likely N-dealkylation sites (tertiary alicyclic amines) is 1. The number of hydrogen-bond donors (Lipinski definition) is 1. The van der Waals surface area contributed by atoms with Crippen LogP contribution in [-0.4, -0.2) is 49.8 Å². The number of piperidine rings is 1. The molecule has 1 N–H and O–H groups in total. The molecular formula is C14H30N2O. The van der Waals surface area contributed by atoms with E-state index in [1.165, 1.54) is 25.9 Å².